The minimum atomic E-state index is 0.0434. The van der Waals surface area contributed by atoms with Crippen LogP contribution in [0.2, 0.25) is 0 Å². The number of piperidine rings is 1. The van der Waals surface area contributed by atoms with E-state index in [1.807, 2.05) is 41.3 Å². The van der Waals surface area contributed by atoms with Crippen molar-refractivity contribution in [2.45, 2.75) is 18.8 Å². The van der Waals surface area contributed by atoms with Crippen LogP contribution in [0.3, 0.4) is 0 Å². The SMILES string of the molecule is COc1ccc(C2CCN(CCN3C(=O)COc4ccccc43)CC2)cc1. The molecule has 27 heavy (non-hydrogen) atoms. The molecule has 0 bridgehead atoms. The number of carbonyl (C=O) groups is 1. The number of carbonyl (C=O) groups excluding carboxylic acids is 1. The lowest BCUT2D eigenvalue weighted by atomic mass is 9.89. The minimum Gasteiger partial charge on any atom is -0.497 e. The highest BCUT2D eigenvalue weighted by Crippen LogP contribution is 2.32. The Morgan fingerprint density at radius 3 is 2.52 bits per heavy atom. The van der Waals surface area contributed by atoms with Crippen LogP contribution >= 0.6 is 0 Å². The summed E-state index contributed by atoms with van der Waals surface area (Å²) in [6, 6.07) is 16.2. The van der Waals surface area contributed by atoms with Gasteiger partial charge in [-0.15, -0.1) is 0 Å². The molecular weight excluding hydrogens is 340 g/mol. The molecule has 2 aliphatic heterocycles. The summed E-state index contributed by atoms with van der Waals surface area (Å²) in [6.07, 6.45) is 2.31. The predicted molar refractivity (Wildman–Crippen MR) is 106 cm³/mol. The zero-order chi connectivity index (χ0) is 18.6. The smallest absolute Gasteiger partial charge is 0.265 e. The van der Waals surface area contributed by atoms with E-state index in [4.69, 9.17) is 9.47 Å². The largest absolute Gasteiger partial charge is 0.497 e. The number of rotatable bonds is 5. The second-order valence-corrected chi connectivity index (χ2v) is 7.19. The van der Waals surface area contributed by atoms with E-state index in [9.17, 15) is 4.79 Å². The number of fused-ring (bicyclic) bond motifs is 1. The molecule has 4 rings (SSSR count). The summed E-state index contributed by atoms with van der Waals surface area (Å²) in [4.78, 5) is 16.6. The average Bonchev–Trinajstić information content (AvgIpc) is 2.73. The molecule has 2 heterocycles. The van der Waals surface area contributed by atoms with Gasteiger partial charge in [0, 0.05) is 13.1 Å². The van der Waals surface area contributed by atoms with Crippen LogP contribution in [0.15, 0.2) is 48.5 Å². The standard InChI is InChI=1S/C22H26N2O3/c1-26-19-8-6-17(7-9-19)18-10-12-23(13-11-18)14-15-24-20-4-2-3-5-21(20)27-16-22(24)25/h2-9,18H,10-16H2,1H3. The van der Waals surface area contributed by atoms with E-state index in [-0.39, 0.29) is 12.5 Å². The second kappa shape index (κ2) is 8.01. The first-order valence-electron chi connectivity index (χ1n) is 9.63. The molecule has 0 spiro atoms. The molecule has 2 aromatic carbocycles. The molecule has 0 radical (unpaired) electrons. The zero-order valence-electron chi connectivity index (χ0n) is 15.8. The maximum Gasteiger partial charge on any atom is 0.265 e. The van der Waals surface area contributed by atoms with E-state index < -0.39 is 0 Å². The van der Waals surface area contributed by atoms with E-state index in [1.54, 1.807) is 7.11 Å². The lowest BCUT2D eigenvalue weighted by Gasteiger charge is -2.35. The minimum absolute atomic E-state index is 0.0434. The van der Waals surface area contributed by atoms with Gasteiger partial charge in [0.1, 0.15) is 11.5 Å². The summed E-state index contributed by atoms with van der Waals surface area (Å²) in [7, 11) is 1.70. The molecule has 5 heteroatoms. The summed E-state index contributed by atoms with van der Waals surface area (Å²) in [6.45, 7) is 3.88. The zero-order valence-corrected chi connectivity index (χ0v) is 15.8. The van der Waals surface area contributed by atoms with Gasteiger partial charge in [-0.1, -0.05) is 24.3 Å². The second-order valence-electron chi connectivity index (χ2n) is 7.19. The van der Waals surface area contributed by atoms with Gasteiger partial charge in [0.15, 0.2) is 6.61 Å². The third-order valence-corrected chi connectivity index (χ3v) is 5.62. The summed E-state index contributed by atoms with van der Waals surface area (Å²) >= 11 is 0. The summed E-state index contributed by atoms with van der Waals surface area (Å²) in [5, 5.41) is 0. The summed E-state index contributed by atoms with van der Waals surface area (Å²) < 4.78 is 10.8. The molecule has 1 fully saturated rings. The van der Waals surface area contributed by atoms with Crippen molar-refractivity contribution >= 4 is 11.6 Å². The highest BCUT2D eigenvalue weighted by Gasteiger charge is 2.26. The van der Waals surface area contributed by atoms with Crippen LogP contribution in [-0.4, -0.2) is 50.7 Å². The Bertz CT molecular complexity index is 782. The fourth-order valence-electron chi connectivity index (χ4n) is 4.01. The van der Waals surface area contributed by atoms with Gasteiger partial charge < -0.3 is 19.3 Å². The number of amides is 1. The van der Waals surface area contributed by atoms with E-state index >= 15 is 0 Å². The molecule has 0 unspecified atom stereocenters. The van der Waals surface area contributed by atoms with Crippen LogP contribution in [0.25, 0.3) is 0 Å². The van der Waals surface area contributed by atoms with Crippen LogP contribution in [0.1, 0.15) is 24.3 Å². The molecule has 5 nitrogen and oxygen atoms in total. The van der Waals surface area contributed by atoms with E-state index in [0.717, 1.165) is 49.7 Å². The van der Waals surface area contributed by atoms with Crippen LogP contribution < -0.4 is 14.4 Å². The number of nitrogens with zero attached hydrogens (tertiary/aromatic N) is 2. The van der Waals surface area contributed by atoms with Gasteiger partial charge in [0.25, 0.3) is 5.91 Å². The van der Waals surface area contributed by atoms with Gasteiger partial charge in [-0.3, -0.25) is 4.79 Å². The lowest BCUT2D eigenvalue weighted by Crippen LogP contribution is -2.44. The molecule has 1 saturated heterocycles. The number of hydrogen-bond acceptors (Lipinski definition) is 4. The van der Waals surface area contributed by atoms with E-state index in [1.165, 1.54) is 5.56 Å². The number of para-hydroxylation sites is 2. The van der Waals surface area contributed by atoms with Gasteiger partial charge >= 0.3 is 0 Å². The first-order valence-corrected chi connectivity index (χ1v) is 9.63. The van der Waals surface area contributed by atoms with Crippen molar-refractivity contribution in [3.05, 3.63) is 54.1 Å². The molecule has 0 N–H and O–H groups in total. The topological polar surface area (TPSA) is 42.0 Å². The van der Waals surface area contributed by atoms with Crippen LogP contribution in [0.5, 0.6) is 11.5 Å². The van der Waals surface area contributed by atoms with Crippen molar-refractivity contribution in [2.75, 3.05) is 44.8 Å². The monoisotopic (exact) mass is 366 g/mol. The van der Waals surface area contributed by atoms with E-state index in [0.29, 0.717) is 12.5 Å². The third-order valence-electron chi connectivity index (χ3n) is 5.62. The number of anilines is 1. The molecule has 0 saturated carbocycles. The van der Waals surface area contributed by atoms with Crippen molar-refractivity contribution in [3.63, 3.8) is 0 Å². The first-order chi connectivity index (χ1) is 13.2. The van der Waals surface area contributed by atoms with Crippen molar-refractivity contribution in [2.24, 2.45) is 0 Å². The third kappa shape index (κ3) is 3.93. The molecule has 0 aliphatic carbocycles. The normalized spacial score (nSPS) is 18.1. The number of likely N-dealkylation sites (tertiary alicyclic amines) is 1. The Morgan fingerprint density at radius 1 is 1.04 bits per heavy atom. The van der Waals surface area contributed by atoms with E-state index in [2.05, 4.69) is 17.0 Å². The highest BCUT2D eigenvalue weighted by atomic mass is 16.5. The Kier molecular flexibility index (Phi) is 5.30. The van der Waals surface area contributed by atoms with Crippen molar-refractivity contribution < 1.29 is 14.3 Å². The molecular formula is C22H26N2O3. The van der Waals surface area contributed by atoms with Gasteiger partial charge in [-0.2, -0.15) is 0 Å². The van der Waals surface area contributed by atoms with Crippen molar-refractivity contribution in [1.82, 2.24) is 4.90 Å². The Morgan fingerprint density at radius 2 is 1.78 bits per heavy atom. The fourth-order valence-corrected chi connectivity index (χ4v) is 4.01. The molecule has 2 aliphatic rings. The van der Waals surface area contributed by atoms with Gasteiger partial charge in [0.2, 0.25) is 0 Å². The number of benzene rings is 2. The maximum absolute atomic E-state index is 12.3. The van der Waals surface area contributed by atoms with Crippen molar-refractivity contribution in [3.8, 4) is 11.5 Å². The average molecular weight is 366 g/mol. The first kappa shape index (κ1) is 17.9. The molecule has 0 aromatic heterocycles. The highest BCUT2D eigenvalue weighted by molar-refractivity contribution is 5.97. The number of hydrogen-bond donors (Lipinski definition) is 0. The molecule has 1 amide bonds. The van der Waals surface area contributed by atoms with Gasteiger partial charge in [0.05, 0.1) is 12.8 Å². The van der Waals surface area contributed by atoms with Crippen molar-refractivity contribution in [1.29, 1.82) is 0 Å². The van der Waals surface area contributed by atoms with Crippen LogP contribution in [-0.2, 0) is 4.79 Å². The number of ether oxygens (including phenoxy) is 2. The Hall–Kier alpha value is -2.53. The maximum atomic E-state index is 12.3. The fraction of sp³-hybridized carbons (Fsp3) is 0.409. The quantitative estimate of drug-likeness (QED) is 0.814. The Labute approximate surface area is 160 Å². The summed E-state index contributed by atoms with van der Waals surface area (Å²) in [5.74, 6) is 2.36. The number of methoxy groups -OCH3 is 1. The van der Waals surface area contributed by atoms with Gasteiger partial charge in [-0.25, -0.2) is 0 Å². The molecule has 0 atom stereocenters. The Balaban J connectivity index is 1.31. The lowest BCUT2D eigenvalue weighted by molar-refractivity contribution is -0.121. The molecule has 2 aromatic rings. The van der Waals surface area contributed by atoms with Crippen LogP contribution in [0.4, 0.5) is 5.69 Å². The van der Waals surface area contributed by atoms with Gasteiger partial charge in [-0.05, 0) is 61.7 Å². The predicted octanol–water partition coefficient (Wildman–Crippen LogP) is 3.30. The van der Waals surface area contributed by atoms with Crippen LogP contribution in [0, 0.1) is 0 Å². The summed E-state index contributed by atoms with van der Waals surface area (Å²) in [5.41, 5.74) is 2.29. The molecule has 142 valence electrons.